The Balaban J connectivity index is 3.13. The summed E-state index contributed by atoms with van der Waals surface area (Å²) in [6.45, 7) is 1.96. The molecule has 0 aliphatic carbocycles. The van der Waals surface area contributed by atoms with Crippen LogP contribution in [0.2, 0.25) is 0 Å². The molecule has 0 aliphatic rings. The molecule has 0 amide bonds. The molecule has 0 atom stereocenters. The molecule has 0 saturated carbocycles. The lowest BCUT2D eigenvalue weighted by molar-refractivity contribution is -0.102. The highest BCUT2D eigenvalue weighted by Gasteiger charge is 1.99. The Labute approximate surface area is 114 Å². The standard InChI is InChI=1S/C13H15BrN2O2/c1-10-3-5-12(14)6-4-11(8-15-10)7-13(9-17)16-18-2/h3-6,8-9,15H,7H2,1-2H3/b6-4?,10-3?,11-8?,12-5?,16-13+. The quantitative estimate of drug-likeness (QED) is 0.528. The number of hydrogen-bond acceptors (Lipinski definition) is 3. The maximum absolute atomic E-state index is 10.8. The number of rotatable bonds is 4. The lowest BCUT2D eigenvalue weighted by Crippen LogP contribution is -2.04. The number of carbonyl (C=O) groups excluding carboxylic acids is 1. The van der Waals surface area contributed by atoms with Gasteiger partial charge < -0.3 is 9.82 Å². The van der Waals surface area contributed by atoms with Crippen molar-refractivity contribution in [3.8, 4) is 0 Å². The second kappa shape index (κ2) is 7.66. The maximum atomic E-state index is 10.8. The van der Waals surface area contributed by atoms with Crippen molar-refractivity contribution < 1.29 is 9.63 Å². The van der Waals surface area contributed by atoms with E-state index in [4.69, 9.17) is 0 Å². The number of aromatic nitrogens is 1. The van der Waals surface area contributed by atoms with Gasteiger partial charge in [-0.1, -0.05) is 27.2 Å². The highest BCUT2D eigenvalue weighted by atomic mass is 79.9. The number of aldehydes is 1. The van der Waals surface area contributed by atoms with Gasteiger partial charge in [-0.25, -0.2) is 0 Å². The first kappa shape index (κ1) is 14.4. The summed E-state index contributed by atoms with van der Waals surface area (Å²) in [5, 5.41) is 3.66. The zero-order chi connectivity index (χ0) is 13.4. The fraction of sp³-hybridized carbons (Fsp3) is 0.231. The maximum Gasteiger partial charge on any atom is 0.167 e. The average molecular weight is 311 g/mol. The molecular weight excluding hydrogens is 296 g/mol. The minimum Gasteiger partial charge on any atom is -0.399 e. The fourth-order valence-electron chi connectivity index (χ4n) is 1.28. The predicted molar refractivity (Wildman–Crippen MR) is 75.1 cm³/mol. The van der Waals surface area contributed by atoms with Crippen LogP contribution in [0, 0.1) is 6.92 Å². The number of carbonyl (C=O) groups is 1. The first-order chi connectivity index (χ1) is 8.65. The normalized spacial score (nSPS) is 10.7. The van der Waals surface area contributed by atoms with Gasteiger partial charge in [0, 0.05) is 22.8 Å². The molecule has 1 N–H and O–H groups in total. The molecule has 0 bridgehead atoms. The first-order valence-corrected chi connectivity index (χ1v) is 6.18. The molecule has 96 valence electrons. The average Bonchev–Trinajstić information content (AvgIpc) is 2.44. The molecule has 1 aromatic heterocycles. The monoisotopic (exact) mass is 310 g/mol. The van der Waals surface area contributed by atoms with Crippen LogP contribution in [0.25, 0.3) is 0 Å². The van der Waals surface area contributed by atoms with Gasteiger partial charge in [0.05, 0.1) is 0 Å². The number of aryl methyl sites for hydroxylation is 1. The van der Waals surface area contributed by atoms with Crippen LogP contribution in [-0.2, 0) is 16.1 Å². The molecule has 0 saturated heterocycles. The van der Waals surface area contributed by atoms with Crippen LogP contribution in [-0.4, -0.2) is 24.1 Å². The van der Waals surface area contributed by atoms with Gasteiger partial charge in [0.15, 0.2) is 6.29 Å². The van der Waals surface area contributed by atoms with Crippen molar-refractivity contribution in [3.63, 3.8) is 0 Å². The van der Waals surface area contributed by atoms with Crippen molar-refractivity contribution in [2.45, 2.75) is 13.3 Å². The summed E-state index contributed by atoms with van der Waals surface area (Å²) in [5.74, 6) is 0. The molecule has 0 radical (unpaired) electrons. The molecule has 5 heteroatoms. The smallest absolute Gasteiger partial charge is 0.167 e. The molecule has 1 aromatic rings. The number of aromatic amines is 1. The molecular formula is C13H15BrN2O2. The lowest BCUT2D eigenvalue weighted by atomic mass is 10.1. The second-order valence-corrected chi connectivity index (χ2v) is 4.57. The van der Waals surface area contributed by atoms with Gasteiger partial charge in [-0.2, -0.15) is 0 Å². The molecule has 1 rings (SSSR count). The molecule has 18 heavy (non-hydrogen) atoms. The van der Waals surface area contributed by atoms with Crippen LogP contribution in [0.4, 0.5) is 0 Å². The van der Waals surface area contributed by atoms with Crippen molar-refractivity contribution in [2.24, 2.45) is 5.16 Å². The first-order valence-electron chi connectivity index (χ1n) is 5.38. The Bertz CT molecular complexity index is 464. The Morgan fingerprint density at radius 3 is 2.83 bits per heavy atom. The van der Waals surface area contributed by atoms with E-state index in [1.54, 1.807) is 0 Å². The number of halogens is 1. The predicted octanol–water partition coefficient (Wildman–Crippen LogP) is 2.95. The van der Waals surface area contributed by atoms with Crippen LogP contribution in [0.1, 0.15) is 11.3 Å². The summed E-state index contributed by atoms with van der Waals surface area (Å²) < 4.78 is 0.952. The van der Waals surface area contributed by atoms with E-state index in [1.165, 1.54) is 7.11 Å². The van der Waals surface area contributed by atoms with Crippen LogP contribution < -0.4 is 0 Å². The Morgan fingerprint density at radius 2 is 2.17 bits per heavy atom. The Hall–Kier alpha value is -1.62. The summed E-state index contributed by atoms with van der Waals surface area (Å²) >= 11 is 3.43. The van der Waals surface area contributed by atoms with E-state index in [-0.39, 0.29) is 0 Å². The topological polar surface area (TPSA) is 54.4 Å². The van der Waals surface area contributed by atoms with Crippen LogP contribution in [0.15, 0.2) is 40.1 Å². The van der Waals surface area contributed by atoms with E-state index in [0.29, 0.717) is 18.4 Å². The largest absolute Gasteiger partial charge is 0.399 e. The van der Waals surface area contributed by atoms with Crippen LogP contribution >= 0.6 is 15.9 Å². The number of H-pyrrole nitrogens is 1. The van der Waals surface area contributed by atoms with Crippen molar-refractivity contribution in [1.29, 1.82) is 0 Å². The van der Waals surface area contributed by atoms with Crippen molar-refractivity contribution in [3.05, 3.63) is 46.2 Å². The number of oxime groups is 1. The number of nitrogens with zero attached hydrogens (tertiary/aromatic N) is 1. The number of hydrogen-bond donors (Lipinski definition) is 1. The Morgan fingerprint density at radius 1 is 1.44 bits per heavy atom. The van der Waals surface area contributed by atoms with Crippen LogP contribution in [0.3, 0.4) is 0 Å². The van der Waals surface area contributed by atoms with E-state index in [0.717, 1.165) is 15.7 Å². The van der Waals surface area contributed by atoms with E-state index < -0.39 is 0 Å². The molecule has 0 aliphatic heterocycles. The fourth-order valence-corrected chi connectivity index (χ4v) is 1.55. The summed E-state index contributed by atoms with van der Waals surface area (Å²) in [6.07, 6.45) is 2.95. The summed E-state index contributed by atoms with van der Waals surface area (Å²) in [4.78, 5) is 18.6. The minimum atomic E-state index is 0.344. The van der Waals surface area contributed by atoms with E-state index in [1.807, 2.05) is 37.4 Å². The summed E-state index contributed by atoms with van der Waals surface area (Å²) in [6, 6.07) is 7.73. The molecule has 4 nitrogen and oxygen atoms in total. The zero-order valence-corrected chi connectivity index (χ0v) is 11.9. The third-order valence-electron chi connectivity index (χ3n) is 2.16. The zero-order valence-electron chi connectivity index (χ0n) is 10.3. The van der Waals surface area contributed by atoms with E-state index >= 15 is 0 Å². The van der Waals surface area contributed by atoms with Gasteiger partial charge in [0.2, 0.25) is 0 Å². The van der Waals surface area contributed by atoms with Gasteiger partial charge in [-0.05, 0) is 30.7 Å². The van der Waals surface area contributed by atoms with Gasteiger partial charge in [0.25, 0.3) is 0 Å². The van der Waals surface area contributed by atoms with Gasteiger partial charge in [-0.15, -0.1) is 0 Å². The highest BCUT2D eigenvalue weighted by Crippen LogP contribution is 2.07. The van der Waals surface area contributed by atoms with E-state index in [2.05, 4.69) is 30.9 Å². The lowest BCUT2D eigenvalue weighted by Gasteiger charge is -1.97. The van der Waals surface area contributed by atoms with Crippen molar-refractivity contribution >= 4 is 27.9 Å². The Kier molecular flexibility index (Phi) is 6.14. The van der Waals surface area contributed by atoms with Gasteiger partial charge in [-0.3, -0.25) is 4.79 Å². The molecule has 1 heterocycles. The van der Waals surface area contributed by atoms with Crippen LogP contribution in [0.5, 0.6) is 0 Å². The van der Waals surface area contributed by atoms with Gasteiger partial charge >= 0.3 is 0 Å². The van der Waals surface area contributed by atoms with E-state index in [9.17, 15) is 4.79 Å². The SMILES string of the molecule is CO/N=C(/C=O)Cc1ccc(Br)ccc(C)[nH]c1. The second-order valence-electron chi connectivity index (χ2n) is 3.66. The third-order valence-corrected chi connectivity index (χ3v) is 2.69. The van der Waals surface area contributed by atoms with Crippen molar-refractivity contribution in [2.75, 3.05) is 7.11 Å². The summed E-state index contributed by atoms with van der Waals surface area (Å²) in [5.41, 5.74) is 2.28. The minimum absolute atomic E-state index is 0.344. The molecule has 0 unspecified atom stereocenters. The number of nitrogens with one attached hydrogen (secondary N) is 1. The molecule has 0 spiro atoms. The van der Waals surface area contributed by atoms with Crippen molar-refractivity contribution in [1.82, 2.24) is 4.98 Å². The third kappa shape index (κ3) is 5.14. The van der Waals surface area contributed by atoms with Gasteiger partial charge in [0.1, 0.15) is 12.8 Å². The highest BCUT2D eigenvalue weighted by molar-refractivity contribution is 9.10. The molecule has 0 aromatic carbocycles. The summed E-state index contributed by atoms with van der Waals surface area (Å²) in [7, 11) is 1.42. The molecule has 0 fully saturated rings.